The van der Waals surface area contributed by atoms with Crippen LogP contribution in [0.25, 0.3) is 10.2 Å². The fraction of sp³-hybridized carbons (Fsp3) is 0.682. The van der Waals surface area contributed by atoms with Gasteiger partial charge in [-0.15, -0.1) is 11.3 Å². The molecule has 1 atom stereocenters. The molecule has 2 aliphatic heterocycles. The number of nitrogens with zero attached hydrogens (tertiary/aromatic N) is 4. The summed E-state index contributed by atoms with van der Waals surface area (Å²) in [4.78, 5) is 30.5. The first-order chi connectivity index (χ1) is 14.6. The van der Waals surface area contributed by atoms with Crippen molar-refractivity contribution in [2.75, 3.05) is 57.4 Å². The van der Waals surface area contributed by atoms with E-state index in [1.54, 1.807) is 6.92 Å². The van der Waals surface area contributed by atoms with Gasteiger partial charge < -0.3 is 19.4 Å². The molecule has 7 nitrogen and oxygen atoms in total. The maximum absolute atomic E-state index is 11.8. The van der Waals surface area contributed by atoms with Gasteiger partial charge in [0.25, 0.3) is 0 Å². The predicted molar refractivity (Wildman–Crippen MR) is 118 cm³/mol. The fourth-order valence-electron chi connectivity index (χ4n) is 4.97. The fourth-order valence-corrected chi connectivity index (χ4v) is 6.36. The molecule has 30 heavy (non-hydrogen) atoms. The highest BCUT2D eigenvalue weighted by molar-refractivity contribution is 7.19. The van der Waals surface area contributed by atoms with Crippen LogP contribution < -0.4 is 9.80 Å². The molecule has 3 aliphatic rings. The van der Waals surface area contributed by atoms with E-state index in [0.717, 1.165) is 94.3 Å². The first kappa shape index (κ1) is 20.2. The summed E-state index contributed by atoms with van der Waals surface area (Å²) in [5.41, 5.74) is 1.49. The van der Waals surface area contributed by atoms with E-state index >= 15 is 0 Å². The van der Waals surface area contributed by atoms with Gasteiger partial charge in [-0.05, 0) is 30.7 Å². The number of piperazine rings is 1. The van der Waals surface area contributed by atoms with E-state index in [0.29, 0.717) is 0 Å². The van der Waals surface area contributed by atoms with Gasteiger partial charge in [0.05, 0.1) is 18.6 Å². The van der Waals surface area contributed by atoms with E-state index in [-0.39, 0.29) is 5.91 Å². The highest BCUT2D eigenvalue weighted by Gasteiger charge is 2.28. The van der Waals surface area contributed by atoms with Crippen LogP contribution in [-0.4, -0.2) is 73.3 Å². The molecule has 2 aromatic rings. The van der Waals surface area contributed by atoms with Gasteiger partial charge in [-0.25, -0.2) is 9.97 Å². The average molecular weight is 431 g/mol. The molecule has 1 aliphatic carbocycles. The van der Waals surface area contributed by atoms with E-state index in [9.17, 15) is 4.79 Å². The first-order valence-electron chi connectivity index (χ1n) is 11.3. The SMILES string of the molecule is CC(=O)N1CCN(c2nc(C[NH+]3CCOCC3)nc3sc4c(c23)CC[C@@H](C)C4)CC1. The maximum Gasteiger partial charge on any atom is 0.219 e. The van der Waals surface area contributed by atoms with Gasteiger partial charge in [0.2, 0.25) is 5.91 Å². The number of rotatable bonds is 3. The van der Waals surface area contributed by atoms with Crippen molar-refractivity contribution in [3.05, 3.63) is 16.3 Å². The number of hydrogen-bond acceptors (Lipinski definition) is 6. The number of hydrogen-bond donors (Lipinski definition) is 1. The molecule has 2 aromatic heterocycles. The molecule has 0 bridgehead atoms. The molecule has 8 heteroatoms. The lowest BCUT2D eigenvalue weighted by Crippen LogP contribution is -3.12. The Kier molecular flexibility index (Phi) is 5.64. The molecular weight excluding hydrogens is 398 g/mol. The number of aromatic nitrogens is 2. The van der Waals surface area contributed by atoms with Gasteiger partial charge >= 0.3 is 0 Å². The molecule has 1 N–H and O–H groups in total. The van der Waals surface area contributed by atoms with Crippen molar-refractivity contribution >= 4 is 33.3 Å². The normalized spacial score (nSPS) is 23.1. The third-order valence-electron chi connectivity index (χ3n) is 6.81. The van der Waals surface area contributed by atoms with E-state index in [1.807, 2.05) is 16.2 Å². The standard InChI is InChI=1S/C22H31N5O2S/c1-15-3-4-17-18(13-15)30-22-20(17)21(27-7-5-26(6-8-27)16(2)28)23-19(24-22)14-25-9-11-29-12-10-25/h15H,3-14H2,1-2H3/p+1/t15-/m1/s1. The van der Waals surface area contributed by atoms with Gasteiger partial charge in [-0.2, -0.15) is 0 Å². The molecule has 0 saturated carbocycles. The largest absolute Gasteiger partial charge is 0.370 e. The summed E-state index contributed by atoms with van der Waals surface area (Å²) in [6.07, 6.45) is 3.54. The van der Waals surface area contributed by atoms with Crippen LogP contribution in [-0.2, 0) is 28.9 Å². The zero-order valence-corrected chi connectivity index (χ0v) is 18.9. The maximum atomic E-state index is 11.8. The average Bonchev–Trinajstić information content (AvgIpc) is 3.11. The highest BCUT2D eigenvalue weighted by atomic mass is 32.1. The number of ether oxygens (including phenoxy) is 1. The zero-order chi connectivity index (χ0) is 20.7. The van der Waals surface area contributed by atoms with Crippen molar-refractivity contribution in [1.82, 2.24) is 14.9 Å². The number of morpholine rings is 1. The first-order valence-corrected chi connectivity index (χ1v) is 12.1. The van der Waals surface area contributed by atoms with Crippen molar-refractivity contribution in [3.8, 4) is 0 Å². The Balaban J connectivity index is 1.51. The molecule has 162 valence electrons. The van der Waals surface area contributed by atoms with Crippen molar-refractivity contribution in [1.29, 1.82) is 0 Å². The van der Waals surface area contributed by atoms with Gasteiger partial charge in [0.1, 0.15) is 30.3 Å². The quantitative estimate of drug-likeness (QED) is 0.784. The molecular formula is C22H32N5O2S+. The number of carbonyl (C=O) groups is 1. The lowest BCUT2D eigenvalue weighted by atomic mass is 9.89. The molecule has 0 aromatic carbocycles. The second-order valence-electron chi connectivity index (χ2n) is 9.03. The minimum Gasteiger partial charge on any atom is -0.370 e. The van der Waals surface area contributed by atoms with Crippen LogP contribution in [0.5, 0.6) is 0 Å². The monoisotopic (exact) mass is 430 g/mol. The van der Waals surface area contributed by atoms with Crippen LogP contribution in [0.2, 0.25) is 0 Å². The van der Waals surface area contributed by atoms with Crippen molar-refractivity contribution in [2.24, 2.45) is 5.92 Å². The Morgan fingerprint density at radius 2 is 1.97 bits per heavy atom. The lowest BCUT2D eigenvalue weighted by molar-refractivity contribution is -0.922. The zero-order valence-electron chi connectivity index (χ0n) is 18.1. The number of aryl methyl sites for hydroxylation is 1. The number of anilines is 1. The lowest BCUT2D eigenvalue weighted by Gasteiger charge is -2.35. The van der Waals surface area contributed by atoms with E-state index in [2.05, 4.69) is 11.8 Å². The molecule has 0 spiro atoms. The minimum absolute atomic E-state index is 0.168. The Morgan fingerprint density at radius 1 is 1.20 bits per heavy atom. The van der Waals surface area contributed by atoms with E-state index < -0.39 is 0 Å². The Hall–Kier alpha value is -1.77. The summed E-state index contributed by atoms with van der Waals surface area (Å²) in [7, 11) is 0. The highest BCUT2D eigenvalue weighted by Crippen LogP contribution is 2.41. The summed E-state index contributed by atoms with van der Waals surface area (Å²) in [6, 6.07) is 0. The predicted octanol–water partition coefficient (Wildman–Crippen LogP) is 0.900. The number of amides is 1. The molecule has 2 fully saturated rings. The third-order valence-corrected chi connectivity index (χ3v) is 7.96. The van der Waals surface area contributed by atoms with Crippen LogP contribution in [0.15, 0.2) is 0 Å². The summed E-state index contributed by atoms with van der Waals surface area (Å²) < 4.78 is 5.52. The van der Waals surface area contributed by atoms with Crippen LogP contribution in [0.4, 0.5) is 5.82 Å². The van der Waals surface area contributed by atoms with Crippen LogP contribution >= 0.6 is 11.3 Å². The molecule has 0 unspecified atom stereocenters. The Bertz CT molecular complexity index is 931. The number of carbonyl (C=O) groups excluding carboxylic acids is 1. The van der Waals surface area contributed by atoms with Crippen LogP contribution in [0.1, 0.15) is 36.5 Å². The second kappa shape index (κ2) is 8.40. The molecule has 1 amide bonds. The Morgan fingerprint density at radius 3 is 2.70 bits per heavy atom. The van der Waals surface area contributed by atoms with Gasteiger partial charge in [0.15, 0.2) is 5.82 Å². The smallest absolute Gasteiger partial charge is 0.219 e. The van der Waals surface area contributed by atoms with Crippen LogP contribution in [0.3, 0.4) is 0 Å². The van der Waals surface area contributed by atoms with E-state index in [4.69, 9.17) is 14.7 Å². The topological polar surface area (TPSA) is 63.0 Å². The summed E-state index contributed by atoms with van der Waals surface area (Å²) >= 11 is 1.89. The Labute approximate surface area is 182 Å². The number of nitrogens with one attached hydrogen (secondary N) is 1. The summed E-state index contributed by atoms with van der Waals surface area (Å²) in [6.45, 7) is 11.8. The number of thiophene rings is 1. The van der Waals surface area contributed by atoms with Gasteiger partial charge in [-0.1, -0.05) is 6.92 Å². The second-order valence-corrected chi connectivity index (χ2v) is 10.1. The summed E-state index contributed by atoms with van der Waals surface area (Å²) in [5, 5.41) is 1.29. The van der Waals surface area contributed by atoms with Crippen molar-refractivity contribution in [3.63, 3.8) is 0 Å². The molecule has 5 rings (SSSR count). The number of fused-ring (bicyclic) bond motifs is 3. The molecule has 2 saturated heterocycles. The molecule has 4 heterocycles. The molecule has 0 radical (unpaired) electrons. The summed E-state index contributed by atoms with van der Waals surface area (Å²) in [5.74, 6) is 2.98. The van der Waals surface area contributed by atoms with Crippen molar-refractivity contribution < 1.29 is 14.4 Å². The third kappa shape index (κ3) is 3.92. The van der Waals surface area contributed by atoms with E-state index in [1.165, 1.54) is 27.1 Å². The minimum atomic E-state index is 0.168. The number of quaternary nitrogens is 1. The van der Waals surface area contributed by atoms with Gasteiger partial charge in [-0.3, -0.25) is 4.79 Å². The van der Waals surface area contributed by atoms with Crippen molar-refractivity contribution in [2.45, 2.75) is 39.7 Å². The van der Waals surface area contributed by atoms with Gasteiger partial charge in [0, 0.05) is 38.0 Å². The van der Waals surface area contributed by atoms with Crippen LogP contribution in [0, 0.1) is 5.92 Å².